The molecule has 1 aliphatic rings. The van der Waals surface area contributed by atoms with E-state index in [1.54, 1.807) is 6.08 Å². The van der Waals surface area contributed by atoms with Gasteiger partial charge in [-0.25, -0.2) is 0 Å². The fourth-order valence-electron chi connectivity index (χ4n) is 1.53. The van der Waals surface area contributed by atoms with Gasteiger partial charge in [-0.15, -0.1) is 0 Å². The van der Waals surface area contributed by atoms with Gasteiger partial charge in [-0.3, -0.25) is 0 Å². The van der Waals surface area contributed by atoms with E-state index in [2.05, 4.69) is 17.2 Å². The predicted octanol–water partition coefficient (Wildman–Crippen LogP) is 1.31. The number of allylic oxidation sites excluding steroid dienone is 1. The monoisotopic (exact) mass is 184 g/mol. The third-order valence-electron chi connectivity index (χ3n) is 2.30. The van der Waals surface area contributed by atoms with Crippen LogP contribution in [-0.4, -0.2) is 0 Å². The molecule has 1 aromatic rings. The number of benzene rings is 1. The summed E-state index contributed by atoms with van der Waals surface area (Å²) < 4.78 is 0. The molecule has 1 heterocycles. The van der Waals surface area contributed by atoms with Crippen LogP contribution in [-0.2, 0) is 5.54 Å². The number of nitrogens with two attached hydrogens (primary N) is 1. The van der Waals surface area contributed by atoms with Gasteiger partial charge in [0.05, 0.1) is 0 Å². The second kappa shape index (κ2) is 3.12. The summed E-state index contributed by atoms with van der Waals surface area (Å²) in [5.74, 6) is 6.67. The Hall–Kier alpha value is -1.88. The molecule has 1 unspecified atom stereocenters. The third-order valence-corrected chi connectivity index (χ3v) is 2.30. The van der Waals surface area contributed by atoms with Crippen molar-refractivity contribution >= 4 is 0 Å². The highest BCUT2D eigenvalue weighted by Gasteiger charge is 2.25. The Bertz CT molecular complexity index is 423. The van der Waals surface area contributed by atoms with Gasteiger partial charge in [0, 0.05) is 6.08 Å². The molecule has 0 spiro atoms. The van der Waals surface area contributed by atoms with Crippen LogP contribution in [0.2, 0.25) is 0 Å². The minimum atomic E-state index is -0.361. The maximum atomic E-state index is 5.70. The van der Waals surface area contributed by atoms with E-state index in [1.165, 1.54) is 0 Å². The summed E-state index contributed by atoms with van der Waals surface area (Å²) in [6.07, 6.45) is 1.69. The Morgan fingerprint density at radius 1 is 1.29 bits per heavy atom. The molecule has 2 rings (SSSR count). The molecule has 2 nitrogen and oxygen atoms in total. The van der Waals surface area contributed by atoms with Crippen LogP contribution in [0.1, 0.15) is 12.5 Å². The quantitative estimate of drug-likeness (QED) is 0.646. The molecule has 1 aromatic carbocycles. The molecular formula is C12H12N2. The van der Waals surface area contributed by atoms with E-state index in [9.17, 15) is 0 Å². The van der Waals surface area contributed by atoms with Crippen LogP contribution >= 0.6 is 0 Å². The van der Waals surface area contributed by atoms with Gasteiger partial charge in [0.15, 0.2) is 0 Å². The number of hydrogen-bond donors (Lipinski definition) is 2. The first kappa shape index (κ1) is 8.71. The van der Waals surface area contributed by atoms with Crippen molar-refractivity contribution in [2.24, 2.45) is 5.73 Å². The summed E-state index contributed by atoms with van der Waals surface area (Å²) >= 11 is 0. The maximum Gasteiger partial charge on any atom is 0.123 e. The molecule has 0 bridgehead atoms. The topological polar surface area (TPSA) is 38.0 Å². The second-order valence-electron chi connectivity index (χ2n) is 3.49. The van der Waals surface area contributed by atoms with Gasteiger partial charge in [-0.2, -0.15) is 0 Å². The SMILES string of the molecule is CC1(c2ccccc2)C#CC=C(N)N1. The predicted molar refractivity (Wildman–Crippen MR) is 57.0 cm³/mol. The van der Waals surface area contributed by atoms with Gasteiger partial charge < -0.3 is 11.1 Å². The molecule has 0 fully saturated rings. The van der Waals surface area contributed by atoms with Crippen LogP contribution in [0.5, 0.6) is 0 Å². The summed E-state index contributed by atoms with van der Waals surface area (Å²) in [4.78, 5) is 0. The van der Waals surface area contributed by atoms with Gasteiger partial charge in [-0.1, -0.05) is 42.2 Å². The van der Waals surface area contributed by atoms with Crippen molar-refractivity contribution in [3.8, 4) is 11.8 Å². The Kier molecular flexibility index (Phi) is 1.94. The normalized spacial score (nSPS) is 24.2. The summed E-state index contributed by atoms with van der Waals surface area (Å²) in [5, 5.41) is 3.17. The average Bonchev–Trinajstić information content (AvgIpc) is 2.19. The van der Waals surface area contributed by atoms with E-state index in [0.717, 1.165) is 5.56 Å². The largest absolute Gasteiger partial charge is 0.385 e. The van der Waals surface area contributed by atoms with Crippen LogP contribution in [0.25, 0.3) is 0 Å². The minimum Gasteiger partial charge on any atom is -0.385 e. The van der Waals surface area contributed by atoms with Gasteiger partial charge in [0.1, 0.15) is 11.4 Å². The molecule has 2 heteroatoms. The van der Waals surface area contributed by atoms with E-state index in [1.807, 2.05) is 37.3 Å². The number of nitrogens with one attached hydrogen (secondary N) is 1. The van der Waals surface area contributed by atoms with Crippen LogP contribution in [0.4, 0.5) is 0 Å². The molecule has 0 amide bonds. The third kappa shape index (κ3) is 1.45. The molecule has 1 aliphatic heterocycles. The van der Waals surface area contributed by atoms with Crippen molar-refractivity contribution in [2.45, 2.75) is 12.5 Å². The number of rotatable bonds is 1. The zero-order valence-corrected chi connectivity index (χ0v) is 8.04. The number of hydrogen-bond acceptors (Lipinski definition) is 2. The molecule has 0 aliphatic carbocycles. The first-order valence-corrected chi connectivity index (χ1v) is 4.53. The van der Waals surface area contributed by atoms with Crippen molar-refractivity contribution in [1.82, 2.24) is 5.32 Å². The van der Waals surface area contributed by atoms with Crippen LogP contribution in [0.15, 0.2) is 42.2 Å². The smallest absolute Gasteiger partial charge is 0.123 e. The van der Waals surface area contributed by atoms with Crippen LogP contribution in [0.3, 0.4) is 0 Å². The van der Waals surface area contributed by atoms with E-state index in [0.29, 0.717) is 5.82 Å². The van der Waals surface area contributed by atoms with Crippen molar-refractivity contribution in [3.63, 3.8) is 0 Å². The lowest BCUT2D eigenvalue weighted by atomic mass is 9.91. The first-order chi connectivity index (χ1) is 6.71. The summed E-state index contributed by atoms with van der Waals surface area (Å²) in [6, 6.07) is 10.1. The Labute approximate surface area is 83.8 Å². The van der Waals surface area contributed by atoms with Gasteiger partial charge in [-0.05, 0) is 12.5 Å². The maximum absolute atomic E-state index is 5.70. The summed E-state index contributed by atoms with van der Waals surface area (Å²) in [6.45, 7) is 2.02. The van der Waals surface area contributed by atoms with Crippen molar-refractivity contribution in [3.05, 3.63) is 47.8 Å². The molecule has 14 heavy (non-hydrogen) atoms. The lowest BCUT2D eigenvalue weighted by Crippen LogP contribution is -2.41. The molecule has 0 aromatic heterocycles. The van der Waals surface area contributed by atoms with E-state index < -0.39 is 0 Å². The standard InChI is InChI=1S/C12H12N2/c1-12(9-5-8-11(13)14-12)10-6-3-2-4-7-10/h2-4,6-8,14H,13H2,1H3. The molecule has 0 saturated heterocycles. The highest BCUT2D eigenvalue weighted by atomic mass is 15.1. The second-order valence-corrected chi connectivity index (χ2v) is 3.49. The first-order valence-electron chi connectivity index (χ1n) is 4.53. The molecule has 70 valence electrons. The molecule has 0 radical (unpaired) electrons. The zero-order valence-electron chi connectivity index (χ0n) is 8.04. The van der Waals surface area contributed by atoms with Crippen LogP contribution < -0.4 is 11.1 Å². The fourth-order valence-corrected chi connectivity index (χ4v) is 1.53. The summed E-state index contributed by atoms with van der Waals surface area (Å²) in [7, 11) is 0. The average molecular weight is 184 g/mol. The van der Waals surface area contributed by atoms with E-state index in [4.69, 9.17) is 5.73 Å². The molecular weight excluding hydrogens is 172 g/mol. The van der Waals surface area contributed by atoms with E-state index in [-0.39, 0.29) is 5.54 Å². The molecule has 0 saturated carbocycles. The molecule has 1 atom stereocenters. The molecule has 3 N–H and O–H groups in total. The van der Waals surface area contributed by atoms with Crippen molar-refractivity contribution < 1.29 is 0 Å². The van der Waals surface area contributed by atoms with E-state index >= 15 is 0 Å². The highest BCUT2D eigenvalue weighted by Crippen LogP contribution is 2.21. The zero-order chi connectivity index (χ0) is 10.0. The highest BCUT2D eigenvalue weighted by molar-refractivity contribution is 5.40. The minimum absolute atomic E-state index is 0.361. The van der Waals surface area contributed by atoms with Crippen LogP contribution in [0, 0.1) is 11.8 Å². The Morgan fingerprint density at radius 3 is 2.64 bits per heavy atom. The van der Waals surface area contributed by atoms with Gasteiger partial charge in [0.2, 0.25) is 0 Å². The Balaban J connectivity index is 2.39. The fraction of sp³-hybridized carbons (Fsp3) is 0.167. The lowest BCUT2D eigenvalue weighted by Gasteiger charge is -2.28. The van der Waals surface area contributed by atoms with Crippen molar-refractivity contribution in [2.75, 3.05) is 0 Å². The van der Waals surface area contributed by atoms with Gasteiger partial charge in [0.25, 0.3) is 0 Å². The summed E-state index contributed by atoms with van der Waals surface area (Å²) in [5.41, 5.74) is 6.46. The Morgan fingerprint density at radius 2 is 2.00 bits per heavy atom. The van der Waals surface area contributed by atoms with Crippen molar-refractivity contribution in [1.29, 1.82) is 0 Å². The van der Waals surface area contributed by atoms with Gasteiger partial charge >= 0.3 is 0 Å². The lowest BCUT2D eigenvalue weighted by molar-refractivity contribution is 0.521.